The molecule has 0 aliphatic carbocycles. The first-order valence-electron chi connectivity index (χ1n) is 8.25. The van der Waals surface area contributed by atoms with Gasteiger partial charge >= 0.3 is 0 Å². The Kier molecular flexibility index (Phi) is 7.24. The minimum Gasteiger partial charge on any atom is -0.496 e. The summed E-state index contributed by atoms with van der Waals surface area (Å²) in [5.74, 6) is 0.142. The summed E-state index contributed by atoms with van der Waals surface area (Å²) in [6, 6.07) is 12.2. The molecule has 5 nitrogen and oxygen atoms in total. The number of ether oxygens (including phenoxy) is 1. The largest absolute Gasteiger partial charge is 0.496 e. The van der Waals surface area contributed by atoms with E-state index in [1.165, 1.54) is 6.08 Å². The van der Waals surface area contributed by atoms with E-state index in [2.05, 4.69) is 10.6 Å². The van der Waals surface area contributed by atoms with Crippen LogP contribution in [0.5, 0.6) is 5.75 Å². The second-order valence-corrected chi connectivity index (χ2v) is 5.92. The van der Waals surface area contributed by atoms with Crippen LogP contribution in [0.1, 0.15) is 29.3 Å². The number of halogens is 1. The van der Waals surface area contributed by atoms with Crippen molar-refractivity contribution in [2.24, 2.45) is 0 Å². The summed E-state index contributed by atoms with van der Waals surface area (Å²) in [6.07, 6.45) is 3.92. The number of carbonyl (C=O) groups excluding carboxylic acids is 2. The van der Waals surface area contributed by atoms with Gasteiger partial charge in [0.15, 0.2) is 0 Å². The van der Waals surface area contributed by atoms with Crippen LogP contribution >= 0.6 is 11.6 Å². The molecule has 26 heavy (non-hydrogen) atoms. The van der Waals surface area contributed by atoms with Gasteiger partial charge in [0.2, 0.25) is 5.91 Å². The Morgan fingerprint density at radius 3 is 2.65 bits per heavy atom. The third-order valence-corrected chi connectivity index (χ3v) is 3.88. The van der Waals surface area contributed by atoms with E-state index in [9.17, 15) is 9.59 Å². The van der Waals surface area contributed by atoms with Crippen molar-refractivity contribution in [3.05, 3.63) is 64.7 Å². The number of methoxy groups -OCH3 is 1. The Balaban J connectivity index is 2.04. The Bertz CT molecular complexity index is 818. The summed E-state index contributed by atoms with van der Waals surface area (Å²) in [5.41, 5.74) is 1.69. The maximum atomic E-state index is 12.1. The van der Waals surface area contributed by atoms with Gasteiger partial charge in [-0.25, -0.2) is 0 Å². The number of nitrogens with one attached hydrogen (secondary N) is 2. The molecule has 0 spiro atoms. The van der Waals surface area contributed by atoms with Gasteiger partial charge in [-0.05, 0) is 36.8 Å². The fourth-order valence-corrected chi connectivity index (χ4v) is 2.53. The lowest BCUT2D eigenvalue weighted by molar-refractivity contribution is -0.111. The summed E-state index contributed by atoms with van der Waals surface area (Å²) in [4.78, 5) is 24.1. The molecule has 0 saturated carbocycles. The van der Waals surface area contributed by atoms with Crippen LogP contribution in [0.2, 0.25) is 5.02 Å². The highest BCUT2D eigenvalue weighted by atomic mass is 35.5. The average molecular weight is 373 g/mol. The Hall–Kier alpha value is -2.79. The molecule has 0 bridgehead atoms. The molecular weight excluding hydrogens is 352 g/mol. The van der Waals surface area contributed by atoms with Gasteiger partial charge in [-0.3, -0.25) is 9.59 Å². The van der Waals surface area contributed by atoms with Crippen molar-refractivity contribution in [3.8, 4) is 5.75 Å². The van der Waals surface area contributed by atoms with Gasteiger partial charge in [0.25, 0.3) is 5.91 Å². The van der Waals surface area contributed by atoms with Crippen LogP contribution in [-0.2, 0) is 4.79 Å². The zero-order chi connectivity index (χ0) is 18.9. The number of benzene rings is 2. The summed E-state index contributed by atoms with van der Waals surface area (Å²) in [7, 11) is 1.58. The normalized spacial score (nSPS) is 10.6. The van der Waals surface area contributed by atoms with E-state index in [4.69, 9.17) is 16.3 Å². The van der Waals surface area contributed by atoms with E-state index < -0.39 is 0 Å². The number of para-hydroxylation sites is 1. The highest BCUT2D eigenvalue weighted by molar-refractivity contribution is 6.34. The maximum absolute atomic E-state index is 12.1. The van der Waals surface area contributed by atoms with E-state index in [0.717, 1.165) is 12.0 Å². The number of carbonyl (C=O) groups is 2. The van der Waals surface area contributed by atoms with Crippen molar-refractivity contribution in [1.82, 2.24) is 5.32 Å². The summed E-state index contributed by atoms with van der Waals surface area (Å²) < 4.78 is 5.24. The van der Waals surface area contributed by atoms with Crippen molar-refractivity contribution in [3.63, 3.8) is 0 Å². The standard InChI is InChI=1S/C20H21ClN2O3/c1-3-12-22-20(25)16-10-9-15(13-17(16)21)23-19(24)11-8-14-6-4-5-7-18(14)26-2/h4-11,13H,3,12H2,1-2H3,(H,22,25)(H,23,24). The van der Waals surface area contributed by atoms with E-state index in [0.29, 0.717) is 23.5 Å². The molecular formula is C20H21ClN2O3. The van der Waals surface area contributed by atoms with Crippen molar-refractivity contribution < 1.29 is 14.3 Å². The third kappa shape index (κ3) is 5.36. The first kappa shape index (κ1) is 19.5. The van der Waals surface area contributed by atoms with Gasteiger partial charge in [0.1, 0.15) is 5.75 Å². The van der Waals surface area contributed by atoms with E-state index >= 15 is 0 Å². The fourth-order valence-electron chi connectivity index (χ4n) is 2.26. The van der Waals surface area contributed by atoms with Crippen molar-refractivity contribution in [2.75, 3.05) is 19.0 Å². The van der Waals surface area contributed by atoms with Crippen molar-refractivity contribution in [1.29, 1.82) is 0 Å². The molecule has 0 aliphatic rings. The lowest BCUT2D eigenvalue weighted by Crippen LogP contribution is -2.24. The van der Waals surface area contributed by atoms with Crippen LogP contribution in [0.4, 0.5) is 5.69 Å². The SMILES string of the molecule is CCCNC(=O)c1ccc(NC(=O)C=Cc2ccccc2OC)cc1Cl. The molecule has 0 aliphatic heterocycles. The van der Waals surface area contributed by atoms with Crippen LogP contribution in [0, 0.1) is 0 Å². The van der Waals surface area contributed by atoms with Crippen molar-refractivity contribution >= 4 is 35.2 Å². The molecule has 0 aromatic heterocycles. The molecule has 2 aromatic rings. The zero-order valence-corrected chi connectivity index (χ0v) is 15.5. The van der Waals surface area contributed by atoms with Gasteiger partial charge in [0.05, 0.1) is 17.7 Å². The molecule has 0 fully saturated rings. The van der Waals surface area contributed by atoms with Gasteiger partial charge in [0, 0.05) is 23.9 Å². The molecule has 0 saturated heterocycles. The number of rotatable bonds is 7. The molecule has 2 aromatic carbocycles. The third-order valence-electron chi connectivity index (χ3n) is 3.57. The number of amides is 2. The van der Waals surface area contributed by atoms with Crippen LogP contribution in [-0.4, -0.2) is 25.5 Å². The Morgan fingerprint density at radius 2 is 1.96 bits per heavy atom. The summed E-state index contributed by atoms with van der Waals surface area (Å²) in [6.45, 7) is 2.56. The van der Waals surface area contributed by atoms with E-state index in [-0.39, 0.29) is 16.8 Å². The number of hydrogen-bond donors (Lipinski definition) is 2. The second kappa shape index (κ2) is 9.63. The molecule has 0 atom stereocenters. The number of anilines is 1. The maximum Gasteiger partial charge on any atom is 0.252 e. The summed E-state index contributed by atoms with van der Waals surface area (Å²) in [5, 5.41) is 5.76. The Labute approximate surface area is 158 Å². The van der Waals surface area contributed by atoms with Crippen LogP contribution in [0.25, 0.3) is 6.08 Å². The quantitative estimate of drug-likeness (QED) is 0.718. The van der Waals surface area contributed by atoms with E-state index in [1.54, 1.807) is 31.4 Å². The Morgan fingerprint density at radius 1 is 1.19 bits per heavy atom. The van der Waals surface area contributed by atoms with E-state index in [1.807, 2.05) is 31.2 Å². The topological polar surface area (TPSA) is 67.4 Å². The predicted molar refractivity (Wildman–Crippen MR) is 105 cm³/mol. The molecule has 0 heterocycles. The predicted octanol–water partition coefficient (Wildman–Crippen LogP) is 4.14. The minimum atomic E-state index is -0.310. The highest BCUT2D eigenvalue weighted by Crippen LogP contribution is 2.22. The molecule has 0 unspecified atom stereocenters. The second-order valence-electron chi connectivity index (χ2n) is 5.52. The molecule has 2 rings (SSSR count). The van der Waals surface area contributed by atoms with Gasteiger partial charge in [-0.15, -0.1) is 0 Å². The molecule has 6 heteroatoms. The smallest absolute Gasteiger partial charge is 0.252 e. The molecule has 2 amide bonds. The van der Waals surface area contributed by atoms with Crippen LogP contribution in [0.3, 0.4) is 0 Å². The summed E-state index contributed by atoms with van der Waals surface area (Å²) >= 11 is 6.15. The average Bonchev–Trinajstić information content (AvgIpc) is 2.64. The van der Waals surface area contributed by atoms with Gasteiger partial charge < -0.3 is 15.4 Å². The highest BCUT2D eigenvalue weighted by Gasteiger charge is 2.10. The van der Waals surface area contributed by atoms with Gasteiger partial charge in [-0.1, -0.05) is 36.7 Å². The number of hydrogen-bond acceptors (Lipinski definition) is 3. The first-order valence-corrected chi connectivity index (χ1v) is 8.62. The minimum absolute atomic E-state index is 0.231. The molecule has 0 radical (unpaired) electrons. The fraction of sp³-hybridized carbons (Fsp3) is 0.200. The molecule has 136 valence electrons. The lowest BCUT2D eigenvalue weighted by atomic mass is 10.1. The van der Waals surface area contributed by atoms with Crippen molar-refractivity contribution in [2.45, 2.75) is 13.3 Å². The first-order chi connectivity index (χ1) is 12.5. The van der Waals surface area contributed by atoms with Crippen LogP contribution in [0.15, 0.2) is 48.5 Å². The van der Waals surface area contributed by atoms with Crippen LogP contribution < -0.4 is 15.4 Å². The lowest BCUT2D eigenvalue weighted by Gasteiger charge is -2.08. The molecule has 2 N–H and O–H groups in total. The monoisotopic (exact) mass is 372 g/mol. The van der Waals surface area contributed by atoms with Gasteiger partial charge in [-0.2, -0.15) is 0 Å². The zero-order valence-electron chi connectivity index (χ0n) is 14.7.